The Morgan fingerprint density at radius 3 is 2.39 bits per heavy atom. The summed E-state index contributed by atoms with van der Waals surface area (Å²) in [5.41, 5.74) is 3.26. The number of aromatic amines is 1. The third-order valence-electron chi connectivity index (χ3n) is 4.29. The summed E-state index contributed by atoms with van der Waals surface area (Å²) in [5, 5.41) is 11.9. The van der Waals surface area contributed by atoms with Crippen molar-refractivity contribution in [1.29, 1.82) is 0 Å². The summed E-state index contributed by atoms with van der Waals surface area (Å²) >= 11 is 0. The van der Waals surface area contributed by atoms with E-state index in [0.717, 1.165) is 34.6 Å². The van der Waals surface area contributed by atoms with Crippen molar-refractivity contribution in [1.82, 2.24) is 25.3 Å². The van der Waals surface area contributed by atoms with E-state index in [2.05, 4.69) is 25.3 Å². The fourth-order valence-electron chi connectivity index (χ4n) is 2.90. The first-order valence-corrected chi connectivity index (χ1v) is 8.46. The maximum atomic E-state index is 12.7. The first kappa shape index (κ1) is 17.3. The molecular formula is C20H15N5O3. The van der Waals surface area contributed by atoms with Crippen molar-refractivity contribution in [2.24, 2.45) is 0 Å². The molecule has 4 aromatic rings. The van der Waals surface area contributed by atoms with Gasteiger partial charge < -0.3 is 15.4 Å². The van der Waals surface area contributed by atoms with Crippen LogP contribution in [0.2, 0.25) is 0 Å². The molecule has 4 rings (SSSR count). The summed E-state index contributed by atoms with van der Waals surface area (Å²) in [7, 11) is 0. The quantitative estimate of drug-likeness (QED) is 0.494. The number of rotatable bonds is 5. The van der Waals surface area contributed by atoms with Gasteiger partial charge in [-0.15, -0.1) is 0 Å². The summed E-state index contributed by atoms with van der Waals surface area (Å²) in [6.07, 6.45) is 3.83. The van der Waals surface area contributed by atoms with Crippen LogP contribution in [0.4, 0.5) is 0 Å². The van der Waals surface area contributed by atoms with E-state index >= 15 is 0 Å². The Bertz CT molecular complexity index is 1140. The number of aromatic nitrogens is 4. The fraction of sp³-hybridized carbons (Fsp3) is 0.0500. The van der Waals surface area contributed by atoms with Crippen molar-refractivity contribution in [3.8, 4) is 0 Å². The number of nitrogens with zero attached hydrogens (tertiary/aromatic N) is 3. The van der Waals surface area contributed by atoms with Gasteiger partial charge in [-0.25, -0.2) is 19.7 Å². The van der Waals surface area contributed by atoms with Crippen molar-refractivity contribution in [2.75, 3.05) is 0 Å². The van der Waals surface area contributed by atoms with Crippen molar-refractivity contribution in [2.45, 2.75) is 6.04 Å². The molecular weight excluding hydrogens is 358 g/mol. The van der Waals surface area contributed by atoms with Gasteiger partial charge in [0.2, 0.25) is 0 Å². The predicted octanol–water partition coefficient (Wildman–Crippen LogP) is 2.57. The van der Waals surface area contributed by atoms with Crippen LogP contribution in [0, 0.1) is 0 Å². The smallest absolute Gasteiger partial charge is 0.356 e. The number of hydrogen-bond donors (Lipinski definition) is 3. The molecule has 28 heavy (non-hydrogen) atoms. The second-order valence-corrected chi connectivity index (χ2v) is 6.09. The predicted molar refractivity (Wildman–Crippen MR) is 101 cm³/mol. The number of benzene rings is 2. The van der Waals surface area contributed by atoms with Crippen molar-refractivity contribution in [3.05, 3.63) is 89.8 Å². The molecule has 8 nitrogen and oxygen atoms in total. The number of carbonyl (C=O) groups excluding carboxylic acids is 1. The molecule has 8 heteroatoms. The lowest BCUT2D eigenvalue weighted by Crippen LogP contribution is -2.30. The normalized spacial score (nSPS) is 11.9. The number of nitrogens with one attached hydrogen (secondary N) is 2. The summed E-state index contributed by atoms with van der Waals surface area (Å²) in [6.45, 7) is 0. The number of hydrogen-bond acceptors (Lipinski definition) is 5. The molecule has 0 aliphatic rings. The van der Waals surface area contributed by atoms with Gasteiger partial charge in [-0.1, -0.05) is 36.4 Å². The lowest BCUT2D eigenvalue weighted by molar-refractivity contribution is 0.0689. The number of fused-ring (bicyclic) bond motifs is 1. The third kappa shape index (κ3) is 3.43. The number of H-pyrrole nitrogens is 1. The molecule has 1 unspecified atom stereocenters. The highest BCUT2D eigenvalue weighted by atomic mass is 16.4. The zero-order valence-corrected chi connectivity index (χ0v) is 14.5. The number of imidazole rings is 1. The maximum absolute atomic E-state index is 12.7. The zero-order chi connectivity index (χ0) is 19.5. The molecule has 0 saturated heterocycles. The van der Waals surface area contributed by atoms with Gasteiger partial charge in [0.1, 0.15) is 5.69 Å². The van der Waals surface area contributed by atoms with Crippen LogP contribution < -0.4 is 5.32 Å². The Morgan fingerprint density at radius 1 is 0.929 bits per heavy atom. The molecule has 0 saturated carbocycles. The van der Waals surface area contributed by atoms with Crippen LogP contribution in [0.3, 0.4) is 0 Å². The Hall–Kier alpha value is -4.07. The van der Waals surface area contributed by atoms with Crippen LogP contribution >= 0.6 is 0 Å². The molecule has 2 aromatic heterocycles. The van der Waals surface area contributed by atoms with E-state index in [-0.39, 0.29) is 11.4 Å². The maximum Gasteiger partial charge on any atom is 0.356 e. The molecule has 2 heterocycles. The average Bonchev–Trinajstić information content (AvgIpc) is 3.20. The van der Waals surface area contributed by atoms with Crippen LogP contribution in [0.1, 0.15) is 38.1 Å². The first-order valence-electron chi connectivity index (χ1n) is 8.46. The number of amides is 1. The minimum atomic E-state index is -1.20. The monoisotopic (exact) mass is 373 g/mol. The van der Waals surface area contributed by atoms with E-state index in [4.69, 9.17) is 5.11 Å². The van der Waals surface area contributed by atoms with Crippen LogP contribution in [0.5, 0.6) is 0 Å². The molecule has 1 amide bonds. The Kier molecular flexibility index (Phi) is 4.51. The van der Waals surface area contributed by atoms with Crippen LogP contribution in [0.15, 0.2) is 67.3 Å². The molecule has 2 aromatic carbocycles. The van der Waals surface area contributed by atoms with E-state index in [9.17, 15) is 9.59 Å². The first-order chi connectivity index (χ1) is 13.6. The van der Waals surface area contributed by atoms with Crippen LogP contribution in [-0.2, 0) is 0 Å². The molecule has 0 aliphatic carbocycles. The number of carboxylic acids is 1. The Morgan fingerprint density at radius 2 is 1.68 bits per heavy atom. The Balaban J connectivity index is 1.67. The van der Waals surface area contributed by atoms with E-state index in [1.165, 1.54) is 0 Å². The summed E-state index contributed by atoms with van der Waals surface area (Å²) in [6, 6.07) is 14.8. The minimum Gasteiger partial charge on any atom is -0.476 e. The highest BCUT2D eigenvalue weighted by Gasteiger charge is 2.20. The van der Waals surface area contributed by atoms with Gasteiger partial charge in [-0.05, 0) is 23.3 Å². The SMILES string of the molecule is O=C(O)c1cnc(C(=O)NC(c2ccccc2)c2ccc3nc[nH]c3c2)cn1. The zero-order valence-electron chi connectivity index (χ0n) is 14.5. The molecule has 0 spiro atoms. The largest absolute Gasteiger partial charge is 0.476 e. The van der Waals surface area contributed by atoms with E-state index in [0.29, 0.717) is 0 Å². The molecule has 0 aliphatic heterocycles. The van der Waals surface area contributed by atoms with E-state index in [1.54, 1.807) is 6.33 Å². The van der Waals surface area contributed by atoms with Gasteiger partial charge in [-0.3, -0.25) is 4.79 Å². The summed E-state index contributed by atoms with van der Waals surface area (Å²) < 4.78 is 0. The van der Waals surface area contributed by atoms with Gasteiger partial charge in [0.05, 0.1) is 35.8 Å². The standard InChI is InChI=1S/C20H15N5O3/c26-19(16-9-22-17(10-21-16)20(27)28)25-18(12-4-2-1-3-5-12)13-6-7-14-15(8-13)24-11-23-14/h1-11,18H,(H,23,24)(H,25,26)(H,27,28). The van der Waals surface area contributed by atoms with E-state index < -0.39 is 17.9 Å². The van der Waals surface area contributed by atoms with Gasteiger partial charge in [0.25, 0.3) is 5.91 Å². The lowest BCUT2D eigenvalue weighted by atomic mass is 9.98. The molecule has 0 radical (unpaired) electrons. The number of carboxylic acid groups (broad SMARTS) is 1. The third-order valence-corrected chi connectivity index (χ3v) is 4.29. The summed E-state index contributed by atoms with van der Waals surface area (Å²) in [4.78, 5) is 38.6. The van der Waals surface area contributed by atoms with E-state index in [1.807, 2.05) is 48.5 Å². The van der Waals surface area contributed by atoms with Crippen LogP contribution in [0.25, 0.3) is 11.0 Å². The van der Waals surface area contributed by atoms with Gasteiger partial charge >= 0.3 is 5.97 Å². The van der Waals surface area contributed by atoms with Crippen molar-refractivity contribution >= 4 is 22.9 Å². The molecule has 0 bridgehead atoms. The van der Waals surface area contributed by atoms with Gasteiger partial charge in [0.15, 0.2) is 5.69 Å². The lowest BCUT2D eigenvalue weighted by Gasteiger charge is -2.19. The second kappa shape index (κ2) is 7.28. The number of carbonyl (C=O) groups is 2. The minimum absolute atomic E-state index is 0.0357. The Labute approximate surface area is 159 Å². The van der Waals surface area contributed by atoms with Crippen molar-refractivity contribution in [3.63, 3.8) is 0 Å². The summed E-state index contributed by atoms with van der Waals surface area (Å²) in [5.74, 6) is -1.66. The highest BCUT2D eigenvalue weighted by Crippen LogP contribution is 2.25. The highest BCUT2D eigenvalue weighted by molar-refractivity contribution is 5.93. The molecule has 138 valence electrons. The molecule has 3 N–H and O–H groups in total. The molecule has 0 fully saturated rings. The van der Waals surface area contributed by atoms with Gasteiger partial charge in [-0.2, -0.15) is 0 Å². The molecule has 1 atom stereocenters. The topological polar surface area (TPSA) is 121 Å². The fourth-order valence-corrected chi connectivity index (χ4v) is 2.90. The van der Waals surface area contributed by atoms with Crippen LogP contribution in [-0.4, -0.2) is 36.9 Å². The van der Waals surface area contributed by atoms with Gasteiger partial charge in [0, 0.05) is 0 Å². The number of aromatic carboxylic acids is 1. The second-order valence-electron chi connectivity index (χ2n) is 6.09. The average molecular weight is 373 g/mol. The van der Waals surface area contributed by atoms with Crippen molar-refractivity contribution < 1.29 is 14.7 Å².